The Kier molecular flexibility index (Phi) is 4.03. The minimum Gasteiger partial charge on any atom is -0.442 e. The number of carbonyl (C=O) groups is 1. The standard InChI is InChI=1S/C4H5NO2S/c1-4(5-2-8)7-3-6/h3-4H,1H3. The molecule has 0 bridgehead atoms. The highest BCUT2D eigenvalue weighted by molar-refractivity contribution is 7.78. The normalized spacial score (nSPS) is 11.1. The molecule has 0 radical (unpaired) electrons. The third-order valence-electron chi connectivity index (χ3n) is 0.487. The zero-order valence-electron chi connectivity index (χ0n) is 4.33. The maximum Gasteiger partial charge on any atom is 0.295 e. The molecule has 1 unspecified atom stereocenters. The lowest BCUT2D eigenvalue weighted by molar-refractivity contribution is -0.132. The molecule has 0 aromatic carbocycles. The zero-order chi connectivity index (χ0) is 6.41. The molecule has 0 heterocycles. The van der Waals surface area contributed by atoms with E-state index in [0.717, 1.165) is 0 Å². The second kappa shape index (κ2) is 4.43. The van der Waals surface area contributed by atoms with Crippen LogP contribution in [0.1, 0.15) is 6.92 Å². The largest absolute Gasteiger partial charge is 0.442 e. The van der Waals surface area contributed by atoms with Crippen molar-refractivity contribution in [2.45, 2.75) is 13.2 Å². The van der Waals surface area contributed by atoms with E-state index in [0.29, 0.717) is 6.47 Å². The van der Waals surface area contributed by atoms with Crippen molar-refractivity contribution < 1.29 is 9.53 Å². The van der Waals surface area contributed by atoms with Crippen molar-refractivity contribution in [3.63, 3.8) is 0 Å². The van der Waals surface area contributed by atoms with Gasteiger partial charge < -0.3 is 4.74 Å². The van der Waals surface area contributed by atoms with Gasteiger partial charge in [-0.25, -0.2) is 0 Å². The van der Waals surface area contributed by atoms with Gasteiger partial charge in [-0.15, -0.1) is 0 Å². The summed E-state index contributed by atoms with van der Waals surface area (Å²) in [6, 6.07) is 0. The molecule has 0 amide bonds. The first-order valence-corrected chi connectivity index (χ1v) is 2.38. The first-order valence-electron chi connectivity index (χ1n) is 1.97. The van der Waals surface area contributed by atoms with E-state index in [2.05, 4.69) is 27.1 Å². The first-order chi connectivity index (χ1) is 3.81. The second-order valence-corrected chi connectivity index (χ2v) is 1.23. The van der Waals surface area contributed by atoms with Gasteiger partial charge in [0, 0.05) is 0 Å². The van der Waals surface area contributed by atoms with Crippen LogP contribution in [0.25, 0.3) is 0 Å². The van der Waals surface area contributed by atoms with Gasteiger partial charge >= 0.3 is 0 Å². The number of nitrogens with zero attached hydrogens (tertiary/aromatic N) is 1. The van der Waals surface area contributed by atoms with E-state index in [1.165, 1.54) is 0 Å². The maximum absolute atomic E-state index is 9.55. The van der Waals surface area contributed by atoms with Crippen molar-refractivity contribution >= 4 is 23.9 Å². The molecule has 4 heteroatoms. The van der Waals surface area contributed by atoms with E-state index in [9.17, 15) is 4.79 Å². The smallest absolute Gasteiger partial charge is 0.295 e. The predicted molar refractivity (Wildman–Crippen MR) is 31.6 cm³/mol. The van der Waals surface area contributed by atoms with Crippen molar-refractivity contribution in [2.24, 2.45) is 4.99 Å². The maximum atomic E-state index is 9.55. The summed E-state index contributed by atoms with van der Waals surface area (Å²) in [5.41, 5.74) is 0. The summed E-state index contributed by atoms with van der Waals surface area (Å²) in [5.74, 6) is 0. The Hall–Kier alpha value is -0.730. The van der Waals surface area contributed by atoms with Crippen molar-refractivity contribution in [2.75, 3.05) is 0 Å². The van der Waals surface area contributed by atoms with Gasteiger partial charge in [0.2, 0.25) is 0 Å². The fourth-order valence-electron chi connectivity index (χ4n) is 0.185. The topological polar surface area (TPSA) is 38.7 Å². The average molecular weight is 131 g/mol. The van der Waals surface area contributed by atoms with E-state index in [4.69, 9.17) is 0 Å². The minimum absolute atomic E-state index is 0.320. The van der Waals surface area contributed by atoms with E-state index < -0.39 is 6.23 Å². The predicted octanol–water partition coefficient (Wildman–Crippen LogP) is 0.608. The molecular formula is C4H5NO2S. The van der Waals surface area contributed by atoms with E-state index in [1.807, 2.05) is 0 Å². The number of carbonyl (C=O) groups excluding carboxylic acids is 1. The van der Waals surface area contributed by atoms with Gasteiger partial charge in [-0.2, -0.15) is 4.99 Å². The Balaban J connectivity index is 3.46. The molecule has 0 spiro atoms. The van der Waals surface area contributed by atoms with Gasteiger partial charge in [0.25, 0.3) is 6.47 Å². The quantitative estimate of drug-likeness (QED) is 0.320. The van der Waals surface area contributed by atoms with Gasteiger partial charge in [-0.3, -0.25) is 4.79 Å². The third-order valence-corrected chi connectivity index (χ3v) is 0.592. The summed E-state index contributed by atoms with van der Waals surface area (Å²) in [4.78, 5) is 13.0. The molecule has 0 aliphatic carbocycles. The fraction of sp³-hybridized carbons (Fsp3) is 0.500. The molecule has 8 heavy (non-hydrogen) atoms. The molecule has 0 aromatic heterocycles. The molecule has 0 aliphatic rings. The average Bonchev–Trinajstić information content (AvgIpc) is 1.68. The molecule has 0 N–H and O–H groups in total. The fourth-order valence-corrected chi connectivity index (χ4v) is 0.333. The monoisotopic (exact) mass is 131 g/mol. The molecule has 0 rings (SSSR count). The second-order valence-electron chi connectivity index (χ2n) is 1.05. The Labute approximate surface area is 52.4 Å². The highest BCUT2D eigenvalue weighted by atomic mass is 32.1. The van der Waals surface area contributed by atoms with Crippen LogP contribution in [-0.2, 0) is 9.53 Å². The van der Waals surface area contributed by atoms with Crippen LogP contribution in [0, 0.1) is 0 Å². The number of aliphatic imine (C=N–C) groups is 1. The van der Waals surface area contributed by atoms with Gasteiger partial charge in [0.15, 0.2) is 6.23 Å². The van der Waals surface area contributed by atoms with E-state index >= 15 is 0 Å². The molecule has 0 aromatic rings. The van der Waals surface area contributed by atoms with Crippen molar-refractivity contribution in [3.05, 3.63) is 0 Å². The van der Waals surface area contributed by atoms with Crippen molar-refractivity contribution in [1.82, 2.24) is 0 Å². The number of hydrogen-bond donors (Lipinski definition) is 0. The lowest BCUT2D eigenvalue weighted by Gasteiger charge is -1.96. The minimum atomic E-state index is -0.495. The van der Waals surface area contributed by atoms with E-state index in [1.54, 1.807) is 6.92 Å². The van der Waals surface area contributed by atoms with Crippen molar-refractivity contribution in [3.8, 4) is 0 Å². The van der Waals surface area contributed by atoms with Gasteiger partial charge in [0.05, 0.1) is 5.16 Å². The zero-order valence-corrected chi connectivity index (χ0v) is 5.14. The number of hydrogen-bond acceptors (Lipinski definition) is 4. The van der Waals surface area contributed by atoms with Crippen LogP contribution in [0.3, 0.4) is 0 Å². The number of isothiocyanates is 1. The molecule has 0 fully saturated rings. The number of ether oxygens (including phenoxy) is 1. The highest BCUT2D eigenvalue weighted by Gasteiger charge is 1.91. The Bertz CT molecular complexity index is 119. The van der Waals surface area contributed by atoms with Gasteiger partial charge in [-0.1, -0.05) is 0 Å². The van der Waals surface area contributed by atoms with Crippen LogP contribution < -0.4 is 0 Å². The lowest BCUT2D eigenvalue weighted by atomic mass is 10.7. The molecule has 1 atom stereocenters. The summed E-state index contributed by atoms with van der Waals surface area (Å²) < 4.78 is 4.31. The summed E-state index contributed by atoms with van der Waals surface area (Å²) in [5, 5.41) is 2.08. The lowest BCUT2D eigenvalue weighted by Crippen LogP contribution is -2.00. The molecule has 0 saturated heterocycles. The highest BCUT2D eigenvalue weighted by Crippen LogP contribution is 1.85. The summed E-state index contributed by atoms with van der Waals surface area (Å²) in [7, 11) is 0. The van der Waals surface area contributed by atoms with Crippen LogP contribution in [-0.4, -0.2) is 17.9 Å². The van der Waals surface area contributed by atoms with Gasteiger partial charge in [0.1, 0.15) is 0 Å². The molecule has 44 valence electrons. The third kappa shape index (κ3) is 3.46. The van der Waals surface area contributed by atoms with Crippen LogP contribution >= 0.6 is 12.2 Å². The summed E-state index contributed by atoms with van der Waals surface area (Å²) >= 11 is 4.23. The Morgan fingerprint density at radius 3 is 3.00 bits per heavy atom. The van der Waals surface area contributed by atoms with Crippen LogP contribution in [0.15, 0.2) is 4.99 Å². The summed E-state index contributed by atoms with van der Waals surface area (Å²) in [6.07, 6.45) is -0.495. The Morgan fingerprint density at radius 1 is 2.00 bits per heavy atom. The SMILES string of the molecule is CC(N=C=S)OC=O. The molecule has 3 nitrogen and oxygen atoms in total. The number of rotatable bonds is 3. The molecule has 0 aliphatic heterocycles. The molecule has 0 saturated carbocycles. The van der Waals surface area contributed by atoms with E-state index in [-0.39, 0.29) is 0 Å². The molecular weight excluding hydrogens is 126 g/mol. The van der Waals surface area contributed by atoms with Gasteiger partial charge in [-0.05, 0) is 19.1 Å². The number of thiocarbonyl (C=S) groups is 1. The first kappa shape index (κ1) is 7.27. The van der Waals surface area contributed by atoms with Crippen LogP contribution in [0.2, 0.25) is 0 Å². The van der Waals surface area contributed by atoms with Crippen molar-refractivity contribution in [1.29, 1.82) is 0 Å². The Morgan fingerprint density at radius 2 is 2.62 bits per heavy atom. The summed E-state index contributed by atoms with van der Waals surface area (Å²) in [6.45, 7) is 1.91. The van der Waals surface area contributed by atoms with Crippen LogP contribution in [0.5, 0.6) is 0 Å². The van der Waals surface area contributed by atoms with Crippen LogP contribution in [0.4, 0.5) is 0 Å².